The molecule has 1 saturated heterocycles. The molecule has 2 N–H and O–H groups in total. The molecule has 1 unspecified atom stereocenters. The first kappa shape index (κ1) is 12.7. The summed E-state index contributed by atoms with van der Waals surface area (Å²) >= 11 is 1.49. The number of nitrogen functional groups attached to an aromatic ring is 1. The second-order valence-electron chi connectivity index (χ2n) is 5.18. The Labute approximate surface area is 125 Å². The highest BCUT2D eigenvalue weighted by Crippen LogP contribution is 2.30. The van der Waals surface area contributed by atoms with Crippen LogP contribution in [-0.2, 0) is 4.74 Å². The largest absolute Gasteiger partial charge is 0.379 e. The van der Waals surface area contributed by atoms with Crippen LogP contribution in [0, 0.1) is 6.92 Å². The van der Waals surface area contributed by atoms with E-state index in [4.69, 9.17) is 10.5 Å². The van der Waals surface area contributed by atoms with Crippen molar-refractivity contribution < 1.29 is 4.74 Å². The molecule has 3 heterocycles. The number of hydrogen-bond acceptors (Lipinski definition) is 6. The van der Waals surface area contributed by atoms with Crippen molar-refractivity contribution in [2.24, 2.45) is 0 Å². The summed E-state index contributed by atoms with van der Waals surface area (Å²) in [5.74, 6) is 1.64. The summed E-state index contributed by atoms with van der Waals surface area (Å²) in [5, 5.41) is 5.12. The first-order valence-electron chi connectivity index (χ1n) is 6.88. The van der Waals surface area contributed by atoms with Gasteiger partial charge in [0.15, 0.2) is 11.0 Å². The third-order valence-corrected chi connectivity index (χ3v) is 4.52. The van der Waals surface area contributed by atoms with E-state index in [0.717, 1.165) is 40.5 Å². The summed E-state index contributed by atoms with van der Waals surface area (Å²) in [6.45, 7) is 3.39. The average molecular weight is 301 g/mol. The average Bonchev–Trinajstić information content (AvgIpc) is 3.14. The van der Waals surface area contributed by atoms with Crippen molar-refractivity contribution in [2.45, 2.75) is 19.4 Å². The van der Waals surface area contributed by atoms with Crippen LogP contribution in [0.4, 0.5) is 5.13 Å². The Kier molecular flexibility index (Phi) is 2.90. The summed E-state index contributed by atoms with van der Waals surface area (Å²) in [5.41, 5.74) is 7.69. The molecule has 0 aliphatic carbocycles. The van der Waals surface area contributed by atoms with E-state index in [-0.39, 0.29) is 6.04 Å². The molecule has 0 bridgehead atoms. The Bertz CT molecular complexity index is 803. The fourth-order valence-electron chi connectivity index (χ4n) is 2.68. The molecule has 0 radical (unpaired) electrons. The molecule has 6 nitrogen and oxygen atoms in total. The Morgan fingerprint density at radius 1 is 1.38 bits per heavy atom. The minimum atomic E-state index is 0.261. The van der Waals surface area contributed by atoms with E-state index in [1.165, 1.54) is 11.3 Å². The molecule has 1 aliphatic rings. The number of nitrogens with zero attached hydrogens (tertiary/aromatic N) is 4. The van der Waals surface area contributed by atoms with Crippen LogP contribution in [0.15, 0.2) is 18.2 Å². The van der Waals surface area contributed by atoms with Crippen molar-refractivity contribution in [3.05, 3.63) is 24.0 Å². The maximum Gasteiger partial charge on any atom is 0.181 e. The summed E-state index contributed by atoms with van der Waals surface area (Å²) in [7, 11) is 0. The van der Waals surface area contributed by atoms with Crippen molar-refractivity contribution in [1.82, 2.24) is 19.7 Å². The third-order valence-electron chi connectivity index (χ3n) is 3.65. The quantitative estimate of drug-likeness (QED) is 0.786. The van der Waals surface area contributed by atoms with E-state index < -0.39 is 0 Å². The Balaban J connectivity index is 1.83. The highest BCUT2D eigenvalue weighted by Gasteiger charge is 2.23. The number of ether oxygens (including phenoxy) is 1. The second-order valence-corrected chi connectivity index (χ2v) is 6.24. The monoisotopic (exact) mass is 301 g/mol. The lowest BCUT2D eigenvalue weighted by Crippen LogP contribution is -2.12. The SMILES string of the molecule is Cc1nc(-c2ccc3sc(N)nc3c2)n(C2CCOC2)n1. The van der Waals surface area contributed by atoms with Gasteiger partial charge in [-0.3, -0.25) is 0 Å². The lowest BCUT2D eigenvalue weighted by Gasteiger charge is -2.11. The predicted molar refractivity (Wildman–Crippen MR) is 82.3 cm³/mol. The predicted octanol–water partition coefficient (Wildman–Crippen LogP) is 2.41. The molecule has 1 fully saturated rings. The molecular formula is C14H15N5OS. The topological polar surface area (TPSA) is 78.8 Å². The van der Waals surface area contributed by atoms with E-state index in [2.05, 4.69) is 21.1 Å². The maximum atomic E-state index is 5.77. The standard InChI is InChI=1S/C14H15N5OS/c1-8-16-13(19(18-8)10-4-5-20-7-10)9-2-3-12-11(6-9)17-14(15)21-12/h2-3,6,10H,4-5,7H2,1H3,(H2,15,17). The van der Waals surface area contributed by atoms with Gasteiger partial charge in [-0.2, -0.15) is 5.10 Å². The zero-order valence-corrected chi connectivity index (χ0v) is 12.4. The molecule has 0 saturated carbocycles. The van der Waals surface area contributed by atoms with Crippen LogP contribution in [0.1, 0.15) is 18.3 Å². The van der Waals surface area contributed by atoms with Crippen molar-refractivity contribution in [3.8, 4) is 11.4 Å². The molecule has 2 aromatic heterocycles. The van der Waals surface area contributed by atoms with Crippen molar-refractivity contribution in [1.29, 1.82) is 0 Å². The second kappa shape index (κ2) is 4.78. The van der Waals surface area contributed by atoms with Gasteiger partial charge in [-0.15, -0.1) is 0 Å². The summed E-state index contributed by atoms with van der Waals surface area (Å²) in [6, 6.07) is 6.38. The number of fused-ring (bicyclic) bond motifs is 1. The molecule has 108 valence electrons. The molecule has 7 heteroatoms. The minimum Gasteiger partial charge on any atom is -0.379 e. The molecule has 0 amide bonds. The molecule has 1 aromatic carbocycles. The van der Waals surface area contributed by atoms with Crippen LogP contribution in [0.3, 0.4) is 0 Å². The number of hydrogen-bond donors (Lipinski definition) is 1. The van der Waals surface area contributed by atoms with E-state index in [1.54, 1.807) is 0 Å². The van der Waals surface area contributed by atoms with Gasteiger partial charge in [-0.25, -0.2) is 14.6 Å². The third kappa shape index (κ3) is 2.18. The highest BCUT2D eigenvalue weighted by molar-refractivity contribution is 7.22. The molecule has 21 heavy (non-hydrogen) atoms. The van der Waals surface area contributed by atoms with E-state index in [1.807, 2.05) is 23.7 Å². The number of anilines is 1. The maximum absolute atomic E-state index is 5.77. The van der Waals surface area contributed by atoms with Crippen LogP contribution in [0.25, 0.3) is 21.6 Å². The molecule has 1 atom stereocenters. The lowest BCUT2D eigenvalue weighted by molar-refractivity contribution is 0.184. The summed E-state index contributed by atoms with van der Waals surface area (Å²) in [4.78, 5) is 8.93. The van der Waals surface area contributed by atoms with Gasteiger partial charge in [0, 0.05) is 12.2 Å². The van der Waals surface area contributed by atoms with Gasteiger partial charge in [-0.1, -0.05) is 11.3 Å². The zero-order valence-electron chi connectivity index (χ0n) is 11.6. The fourth-order valence-corrected chi connectivity index (χ4v) is 3.40. The summed E-state index contributed by atoms with van der Waals surface area (Å²) in [6.07, 6.45) is 0.974. The number of aromatic nitrogens is 4. The molecule has 1 aliphatic heterocycles. The van der Waals surface area contributed by atoms with Gasteiger partial charge < -0.3 is 10.5 Å². The number of rotatable bonds is 2. The smallest absolute Gasteiger partial charge is 0.181 e. The van der Waals surface area contributed by atoms with E-state index >= 15 is 0 Å². The lowest BCUT2D eigenvalue weighted by atomic mass is 10.2. The Morgan fingerprint density at radius 2 is 2.29 bits per heavy atom. The summed E-state index contributed by atoms with van der Waals surface area (Å²) < 4.78 is 8.54. The normalized spacial score (nSPS) is 18.6. The van der Waals surface area contributed by atoms with E-state index in [9.17, 15) is 0 Å². The first-order chi connectivity index (χ1) is 10.2. The molecule has 3 aromatic rings. The number of nitrogens with two attached hydrogens (primary N) is 1. The number of thiazole rings is 1. The molecule has 4 rings (SSSR count). The fraction of sp³-hybridized carbons (Fsp3) is 0.357. The number of aryl methyl sites for hydroxylation is 1. The van der Waals surface area contributed by atoms with Crippen LogP contribution in [-0.4, -0.2) is 33.0 Å². The van der Waals surface area contributed by atoms with Crippen LogP contribution < -0.4 is 5.73 Å². The Morgan fingerprint density at radius 3 is 3.10 bits per heavy atom. The Hall–Kier alpha value is -1.99. The minimum absolute atomic E-state index is 0.261. The van der Waals surface area contributed by atoms with Crippen LogP contribution in [0.2, 0.25) is 0 Å². The van der Waals surface area contributed by atoms with E-state index in [0.29, 0.717) is 11.7 Å². The van der Waals surface area contributed by atoms with Crippen LogP contribution >= 0.6 is 11.3 Å². The van der Waals surface area contributed by atoms with Gasteiger partial charge in [0.2, 0.25) is 0 Å². The van der Waals surface area contributed by atoms with Crippen LogP contribution in [0.5, 0.6) is 0 Å². The molecule has 0 spiro atoms. The molecular weight excluding hydrogens is 286 g/mol. The van der Waals surface area contributed by atoms with Gasteiger partial charge >= 0.3 is 0 Å². The first-order valence-corrected chi connectivity index (χ1v) is 7.70. The van der Waals surface area contributed by atoms with Gasteiger partial charge in [0.1, 0.15) is 5.82 Å². The highest BCUT2D eigenvalue weighted by atomic mass is 32.1. The zero-order chi connectivity index (χ0) is 14.4. The number of benzene rings is 1. The van der Waals surface area contributed by atoms with Gasteiger partial charge in [0.05, 0.1) is 22.9 Å². The van der Waals surface area contributed by atoms with Crippen molar-refractivity contribution in [3.63, 3.8) is 0 Å². The van der Waals surface area contributed by atoms with Crippen molar-refractivity contribution >= 4 is 26.7 Å². The van der Waals surface area contributed by atoms with Gasteiger partial charge in [-0.05, 0) is 31.5 Å². The van der Waals surface area contributed by atoms with Crippen molar-refractivity contribution in [2.75, 3.05) is 18.9 Å². The van der Waals surface area contributed by atoms with Gasteiger partial charge in [0.25, 0.3) is 0 Å².